The Labute approximate surface area is 265 Å². The van der Waals surface area contributed by atoms with E-state index in [1.807, 2.05) is 0 Å². The summed E-state index contributed by atoms with van der Waals surface area (Å²) in [7, 11) is 0. The number of Topliss-reactive ketones (excluding diaryl/α,β-unsaturated/α-hetero) is 2. The molecule has 256 valence electrons. The highest BCUT2D eigenvalue weighted by atomic mass is 16.6. The van der Waals surface area contributed by atoms with Gasteiger partial charge in [-0.1, -0.05) is 10.3 Å². The lowest BCUT2D eigenvalue weighted by molar-refractivity contribution is -0.129. The molecule has 0 saturated carbocycles. The van der Waals surface area contributed by atoms with Crippen LogP contribution in [0.5, 0.6) is 0 Å². The molecule has 16 nitrogen and oxygen atoms in total. The lowest BCUT2D eigenvalue weighted by Gasteiger charge is -2.15. The van der Waals surface area contributed by atoms with Crippen molar-refractivity contribution in [1.82, 2.24) is 21.3 Å². The normalized spacial score (nSPS) is 12.4. The van der Waals surface area contributed by atoms with Gasteiger partial charge < -0.3 is 42.4 Å². The average Bonchev–Trinajstić information content (AvgIpc) is 3.00. The van der Waals surface area contributed by atoms with E-state index in [0.29, 0.717) is 32.4 Å². The molecule has 0 radical (unpaired) electrons. The first kappa shape index (κ1) is 41.1. The smallest absolute Gasteiger partial charge is 0.221 e. The van der Waals surface area contributed by atoms with Crippen molar-refractivity contribution in [3.63, 3.8) is 0 Å². The molecule has 0 rings (SSSR count). The van der Waals surface area contributed by atoms with Gasteiger partial charge in [0.25, 0.3) is 0 Å². The molecular weight excluding hydrogens is 588 g/mol. The van der Waals surface area contributed by atoms with Crippen LogP contribution in [0.4, 0.5) is 0 Å². The van der Waals surface area contributed by atoms with Crippen molar-refractivity contribution in [3.8, 4) is 0 Å². The van der Waals surface area contributed by atoms with Crippen molar-refractivity contribution < 1.29 is 38.4 Å². The Balaban J connectivity index is 3.84. The number of unbranched alkanes of at least 4 members (excludes halogenated alkanes) is 2. The van der Waals surface area contributed by atoms with Gasteiger partial charge in [0.2, 0.25) is 23.6 Å². The zero-order valence-corrected chi connectivity index (χ0v) is 26.6. The molecule has 4 amide bonds. The number of hydrogen-bond donors (Lipinski definition) is 6. The third-order valence-corrected chi connectivity index (χ3v) is 6.25. The Morgan fingerprint density at radius 1 is 0.600 bits per heavy atom. The molecule has 2 unspecified atom stereocenters. The van der Waals surface area contributed by atoms with Crippen molar-refractivity contribution in [2.75, 3.05) is 39.4 Å². The summed E-state index contributed by atoms with van der Waals surface area (Å²) in [6.45, 7) is 4.64. The number of nitrogens with zero attached hydrogens (tertiary/aromatic N) is 2. The van der Waals surface area contributed by atoms with Crippen molar-refractivity contribution >= 4 is 47.6 Å². The molecule has 0 saturated heterocycles. The SMILES string of the molecule is CC(=O)C(CCCCN)NC(=O)CCC(=O)NCC=NOCCCON=CCNC(=O)CCC(=O)NC(CCCCN)C(C)=O. The first-order chi connectivity index (χ1) is 21.6. The third kappa shape index (κ3) is 25.1. The van der Waals surface area contributed by atoms with Crippen LogP contribution in [0.3, 0.4) is 0 Å². The largest absolute Gasteiger partial charge is 0.396 e. The minimum absolute atomic E-state index is 0.0223. The summed E-state index contributed by atoms with van der Waals surface area (Å²) in [6, 6.07) is -1.13. The second-order valence-corrected chi connectivity index (χ2v) is 10.2. The number of carbonyl (C=O) groups is 6. The summed E-state index contributed by atoms with van der Waals surface area (Å²) in [5.74, 6) is -1.65. The lowest BCUT2D eigenvalue weighted by Crippen LogP contribution is -2.40. The molecule has 0 fully saturated rings. The van der Waals surface area contributed by atoms with Gasteiger partial charge in [0, 0.05) is 32.1 Å². The summed E-state index contributed by atoms with van der Waals surface area (Å²) in [5.41, 5.74) is 10.9. The quantitative estimate of drug-likeness (QED) is 0.0366. The first-order valence-corrected chi connectivity index (χ1v) is 15.4. The van der Waals surface area contributed by atoms with Crippen LogP contribution < -0.4 is 32.7 Å². The number of carbonyl (C=O) groups excluding carboxylic acids is 6. The zero-order chi connectivity index (χ0) is 33.7. The lowest BCUT2D eigenvalue weighted by atomic mass is 10.1. The van der Waals surface area contributed by atoms with Crippen molar-refractivity contribution in [2.45, 2.75) is 96.6 Å². The number of nitrogens with one attached hydrogen (secondary N) is 4. The van der Waals surface area contributed by atoms with Gasteiger partial charge in [-0.25, -0.2) is 0 Å². The fraction of sp³-hybridized carbons (Fsp3) is 0.724. The van der Waals surface area contributed by atoms with E-state index in [0.717, 1.165) is 25.7 Å². The van der Waals surface area contributed by atoms with Crippen LogP contribution >= 0.6 is 0 Å². The zero-order valence-electron chi connectivity index (χ0n) is 26.6. The van der Waals surface area contributed by atoms with E-state index in [-0.39, 0.29) is 87.2 Å². The molecule has 45 heavy (non-hydrogen) atoms. The highest BCUT2D eigenvalue weighted by Gasteiger charge is 2.18. The molecule has 0 aromatic carbocycles. The van der Waals surface area contributed by atoms with Gasteiger partial charge >= 0.3 is 0 Å². The minimum atomic E-state index is -0.564. The van der Waals surface area contributed by atoms with E-state index in [9.17, 15) is 28.8 Å². The van der Waals surface area contributed by atoms with E-state index in [4.69, 9.17) is 21.1 Å². The number of nitrogens with two attached hydrogens (primary N) is 2. The van der Waals surface area contributed by atoms with Gasteiger partial charge in [-0.2, -0.15) is 0 Å². The molecule has 0 aromatic heterocycles. The van der Waals surface area contributed by atoms with E-state index >= 15 is 0 Å². The average molecular weight is 641 g/mol. The third-order valence-electron chi connectivity index (χ3n) is 6.25. The standard InChI is InChI=1S/C29H52N8O8/c1-22(38)24(8-3-5-14-30)36-28(42)12-10-26(40)32-16-18-34-44-20-7-21-45-35-19-17-33-27(41)11-13-29(43)37-25(23(2)39)9-4-6-15-31/h18-19,24-25H,3-17,20-21,30-31H2,1-2H3,(H,32,40)(H,33,41)(H,36,42)(H,37,43). The van der Waals surface area contributed by atoms with Gasteiger partial charge in [-0.05, 0) is 65.5 Å². The van der Waals surface area contributed by atoms with Gasteiger partial charge in [0.05, 0.1) is 37.6 Å². The molecule has 0 aliphatic heterocycles. The fourth-order valence-electron chi connectivity index (χ4n) is 3.70. The van der Waals surface area contributed by atoms with Gasteiger partial charge in [0.1, 0.15) is 13.2 Å². The maximum absolute atomic E-state index is 12.0. The highest BCUT2D eigenvalue weighted by Crippen LogP contribution is 2.04. The number of amides is 4. The molecular formula is C29H52N8O8. The van der Waals surface area contributed by atoms with Crippen LogP contribution in [0.15, 0.2) is 10.3 Å². The predicted octanol–water partition coefficient (Wildman–Crippen LogP) is -0.420. The second kappa shape index (κ2) is 27.6. The molecule has 2 atom stereocenters. The van der Waals surface area contributed by atoms with Crippen LogP contribution in [0.1, 0.15) is 84.5 Å². The highest BCUT2D eigenvalue weighted by molar-refractivity contribution is 5.90. The molecule has 16 heteroatoms. The van der Waals surface area contributed by atoms with Gasteiger partial charge in [-0.3, -0.25) is 28.8 Å². The van der Waals surface area contributed by atoms with Crippen LogP contribution in [0, 0.1) is 0 Å². The van der Waals surface area contributed by atoms with Crippen LogP contribution in [0.25, 0.3) is 0 Å². The molecule has 8 N–H and O–H groups in total. The van der Waals surface area contributed by atoms with E-state index in [2.05, 4.69) is 31.6 Å². The molecule has 0 heterocycles. The summed E-state index contributed by atoms with van der Waals surface area (Å²) in [5, 5.41) is 17.9. The van der Waals surface area contributed by atoms with Crippen molar-refractivity contribution in [3.05, 3.63) is 0 Å². The minimum Gasteiger partial charge on any atom is -0.396 e. The van der Waals surface area contributed by atoms with E-state index < -0.39 is 12.1 Å². The van der Waals surface area contributed by atoms with Crippen LogP contribution in [0.2, 0.25) is 0 Å². The number of ketones is 2. The number of oxime groups is 2. The Morgan fingerprint density at radius 3 is 1.33 bits per heavy atom. The van der Waals surface area contributed by atoms with Crippen LogP contribution in [-0.4, -0.2) is 99.1 Å². The molecule has 0 bridgehead atoms. The molecule has 0 aliphatic carbocycles. The van der Waals surface area contributed by atoms with Gasteiger partial charge in [0.15, 0.2) is 11.6 Å². The molecule has 0 spiro atoms. The Bertz CT molecular complexity index is 887. The topological polar surface area (TPSA) is 246 Å². The maximum atomic E-state index is 12.0. The van der Waals surface area contributed by atoms with Crippen LogP contribution in [-0.2, 0) is 38.4 Å². The fourth-order valence-corrected chi connectivity index (χ4v) is 3.70. The number of rotatable bonds is 28. The number of hydrogen-bond acceptors (Lipinski definition) is 12. The first-order valence-electron chi connectivity index (χ1n) is 15.4. The molecule has 0 aliphatic rings. The van der Waals surface area contributed by atoms with Crippen molar-refractivity contribution in [2.24, 2.45) is 21.8 Å². The second-order valence-electron chi connectivity index (χ2n) is 10.2. The Kier molecular flexibility index (Phi) is 25.2. The summed E-state index contributed by atoms with van der Waals surface area (Å²) in [6.07, 6.45) is 7.17. The predicted molar refractivity (Wildman–Crippen MR) is 169 cm³/mol. The molecule has 0 aromatic rings. The summed E-state index contributed by atoms with van der Waals surface area (Å²) in [4.78, 5) is 81.3. The van der Waals surface area contributed by atoms with E-state index in [1.54, 1.807) is 0 Å². The van der Waals surface area contributed by atoms with E-state index in [1.165, 1.54) is 26.3 Å². The summed E-state index contributed by atoms with van der Waals surface area (Å²) >= 11 is 0. The Hall–Kier alpha value is -3.92. The summed E-state index contributed by atoms with van der Waals surface area (Å²) < 4.78 is 0. The van der Waals surface area contributed by atoms with Gasteiger partial charge in [-0.15, -0.1) is 0 Å². The maximum Gasteiger partial charge on any atom is 0.221 e. The van der Waals surface area contributed by atoms with Crippen molar-refractivity contribution in [1.29, 1.82) is 0 Å². The monoisotopic (exact) mass is 640 g/mol. The Morgan fingerprint density at radius 2 is 0.978 bits per heavy atom.